The average Bonchev–Trinajstić information content (AvgIpc) is 3.00. The molecule has 10 atom stereocenters. The minimum absolute atomic E-state index is 0.0809. The van der Waals surface area contributed by atoms with Crippen LogP contribution in [-0.2, 0) is 35.1 Å². The third-order valence-corrected chi connectivity index (χ3v) is 7.90. The van der Waals surface area contributed by atoms with Gasteiger partial charge in [0.2, 0.25) is 11.7 Å². The van der Waals surface area contributed by atoms with Crippen molar-refractivity contribution in [2.45, 2.75) is 122 Å². The second kappa shape index (κ2) is 15.3. The van der Waals surface area contributed by atoms with Crippen molar-refractivity contribution in [1.82, 2.24) is 31.0 Å². The van der Waals surface area contributed by atoms with Crippen LogP contribution in [0.1, 0.15) is 52.9 Å². The SMILES string of the molecule is CC(=O)NC1C(O[C@@H]2OC(C(=O)NCc3ccc(-c4nnc(C)nn4)cc3)[C@@H](OC(C)C)C(O)C2O)[C@H](O)C(CO)O[C@H]1C(C)(C)C. The normalized spacial score (nSPS) is 31.4. The van der Waals surface area contributed by atoms with Crippen molar-refractivity contribution in [3.63, 3.8) is 0 Å². The van der Waals surface area contributed by atoms with Gasteiger partial charge >= 0.3 is 0 Å². The highest BCUT2D eigenvalue weighted by Crippen LogP contribution is 2.36. The fourth-order valence-corrected chi connectivity index (χ4v) is 5.64. The van der Waals surface area contributed by atoms with Crippen LogP contribution >= 0.6 is 0 Å². The van der Waals surface area contributed by atoms with E-state index in [0.717, 1.165) is 5.56 Å². The number of aliphatic hydroxyl groups excluding tert-OH is 4. The predicted molar refractivity (Wildman–Crippen MR) is 164 cm³/mol. The fourth-order valence-electron chi connectivity index (χ4n) is 5.64. The number of carbonyl (C=O) groups is 2. The zero-order valence-electron chi connectivity index (χ0n) is 27.6. The zero-order chi connectivity index (χ0) is 34.6. The van der Waals surface area contributed by atoms with E-state index in [0.29, 0.717) is 17.2 Å². The van der Waals surface area contributed by atoms with E-state index in [9.17, 15) is 30.0 Å². The van der Waals surface area contributed by atoms with Crippen molar-refractivity contribution < 1.29 is 49.0 Å². The van der Waals surface area contributed by atoms with E-state index in [-0.39, 0.29) is 6.54 Å². The lowest BCUT2D eigenvalue weighted by molar-refractivity contribution is -0.332. The Balaban J connectivity index is 1.54. The number of aliphatic hydroxyl groups is 4. The topological polar surface area (TPSA) is 228 Å². The number of carbonyl (C=O) groups excluding carboxylic acids is 2. The van der Waals surface area contributed by atoms with Crippen molar-refractivity contribution in [2.24, 2.45) is 5.41 Å². The van der Waals surface area contributed by atoms with Crippen molar-refractivity contribution in [3.8, 4) is 11.4 Å². The number of aromatic nitrogens is 4. The van der Waals surface area contributed by atoms with E-state index in [4.69, 9.17) is 18.9 Å². The summed E-state index contributed by atoms with van der Waals surface area (Å²) >= 11 is 0. The maximum atomic E-state index is 13.6. The smallest absolute Gasteiger partial charge is 0.252 e. The maximum Gasteiger partial charge on any atom is 0.252 e. The predicted octanol–water partition coefficient (Wildman–Crippen LogP) is -0.845. The van der Waals surface area contributed by atoms with Gasteiger partial charge in [-0.1, -0.05) is 45.0 Å². The maximum absolute atomic E-state index is 13.6. The molecule has 260 valence electrons. The van der Waals surface area contributed by atoms with E-state index < -0.39 is 91.1 Å². The molecular weight excluding hydrogens is 616 g/mol. The molecule has 16 heteroatoms. The summed E-state index contributed by atoms with van der Waals surface area (Å²) in [5.41, 5.74) is 0.821. The minimum atomic E-state index is -1.71. The largest absolute Gasteiger partial charge is 0.394 e. The van der Waals surface area contributed by atoms with Crippen LogP contribution in [0.15, 0.2) is 24.3 Å². The summed E-state index contributed by atoms with van der Waals surface area (Å²) in [7, 11) is 0. The molecule has 2 aliphatic rings. The molecule has 2 amide bonds. The molecule has 16 nitrogen and oxygen atoms in total. The van der Waals surface area contributed by atoms with E-state index in [1.54, 1.807) is 45.0 Å². The van der Waals surface area contributed by atoms with Crippen molar-refractivity contribution in [3.05, 3.63) is 35.7 Å². The van der Waals surface area contributed by atoms with Gasteiger partial charge in [0.25, 0.3) is 5.91 Å². The monoisotopic (exact) mass is 662 g/mol. The molecule has 6 N–H and O–H groups in total. The van der Waals surface area contributed by atoms with Gasteiger partial charge in [0, 0.05) is 19.0 Å². The second-order valence-corrected chi connectivity index (χ2v) is 13.2. The lowest BCUT2D eigenvalue weighted by Gasteiger charge is -2.51. The highest BCUT2D eigenvalue weighted by molar-refractivity contribution is 5.81. The van der Waals surface area contributed by atoms with E-state index in [2.05, 4.69) is 31.0 Å². The number of hydrogen-bond donors (Lipinski definition) is 6. The molecule has 2 aromatic rings. The lowest BCUT2D eigenvalue weighted by atomic mass is 9.78. The van der Waals surface area contributed by atoms with Crippen LogP contribution in [-0.4, -0.2) is 127 Å². The summed E-state index contributed by atoms with van der Waals surface area (Å²) in [6, 6.07) is 6.11. The summed E-state index contributed by atoms with van der Waals surface area (Å²) < 4.78 is 23.9. The highest BCUT2D eigenvalue weighted by Gasteiger charge is 2.54. The summed E-state index contributed by atoms with van der Waals surface area (Å²) in [4.78, 5) is 25.8. The molecule has 4 rings (SSSR count). The Hall–Kier alpha value is -3.22. The third kappa shape index (κ3) is 8.83. The summed E-state index contributed by atoms with van der Waals surface area (Å²) in [5.74, 6) is -0.288. The second-order valence-electron chi connectivity index (χ2n) is 13.2. The summed E-state index contributed by atoms with van der Waals surface area (Å²) in [5, 5.41) is 64.8. The molecular formula is C31H46N6O10. The van der Waals surface area contributed by atoms with Crippen LogP contribution < -0.4 is 10.6 Å². The number of rotatable bonds is 10. The first-order chi connectivity index (χ1) is 22.1. The number of amides is 2. The van der Waals surface area contributed by atoms with Gasteiger partial charge in [0.05, 0.1) is 24.9 Å². The van der Waals surface area contributed by atoms with Gasteiger partial charge in [-0.2, -0.15) is 0 Å². The third-order valence-electron chi connectivity index (χ3n) is 7.90. The van der Waals surface area contributed by atoms with Gasteiger partial charge in [-0.25, -0.2) is 0 Å². The fraction of sp³-hybridized carbons (Fsp3) is 0.677. The molecule has 0 spiro atoms. The van der Waals surface area contributed by atoms with Crippen LogP contribution in [0.3, 0.4) is 0 Å². The van der Waals surface area contributed by atoms with Gasteiger partial charge in [0.1, 0.15) is 36.6 Å². The average molecular weight is 663 g/mol. The van der Waals surface area contributed by atoms with Gasteiger partial charge in [0.15, 0.2) is 18.2 Å². The number of nitrogens with one attached hydrogen (secondary N) is 2. The molecule has 2 saturated heterocycles. The molecule has 2 aliphatic heterocycles. The lowest BCUT2D eigenvalue weighted by Crippen LogP contribution is -2.70. The Bertz CT molecular complexity index is 1340. The Labute approximate surface area is 273 Å². The quantitative estimate of drug-likeness (QED) is 0.182. The molecule has 2 fully saturated rings. The van der Waals surface area contributed by atoms with Gasteiger partial charge in [-0.15, -0.1) is 20.4 Å². The number of hydrogen-bond acceptors (Lipinski definition) is 14. The van der Waals surface area contributed by atoms with E-state index >= 15 is 0 Å². The van der Waals surface area contributed by atoms with Gasteiger partial charge in [-0.05, 0) is 31.7 Å². The summed E-state index contributed by atoms with van der Waals surface area (Å²) in [6.45, 7) is 11.5. The molecule has 1 aromatic heterocycles. The van der Waals surface area contributed by atoms with Crippen molar-refractivity contribution in [1.29, 1.82) is 0 Å². The zero-order valence-corrected chi connectivity index (χ0v) is 27.6. The minimum Gasteiger partial charge on any atom is -0.394 e. The summed E-state index contributed by atoms with van der Waals surface area (Å²) in [6.07, 6.45) is -12.7. The van der Waals surface area contributed by atoms with Crippen LogP contribution in [0.2, 0.25) is 0 Å². The highest BCUT2D eigenvalue weighted by atomic mass is 16.7. The van der Waals surface area contributed by atoms with Crippen LogP contribution in [0, 0.1) is 12.3 Å². The Morgan fingerprint density at radius 1 is 0.957 bits per heavy atom. The first kappa shape index (κ1) is 36.6. The first-order valence-corrected chi connectivity index (χ1v) is 15.6. The van der Waals surface area contributed by atoms with Gasteiger partial charge in [-0.3, -0.25) is 9.59 Å². The molecule has 0 saturated carbocycles. The molecule has 1 aromatic carbocycles. The van der Waals surface area contributed by atoms with E-state index in [1.165, 1.54) is 6.92 Å². The molecule has 0 radical (unpaired) electrons. The molecule has 6 unspecified atom stereocenters. The number of benzene rings is 1. The Kier molecular flexibility index (Phi) is 11.9. The molecule has 3 heterocycles. The van der Waals surface area contributed by atoms with Crippen LogP contribution in [0.25, 0.3) is 11.4 Å². The number of nitrogens with zero attached hydrogens (tertiary/aromatic N) is 4. The molecule has 0 bridgehead atoms. The molecule has 0 aliphatic carbocycles. The van der Waals surface area contributed by atoms with Crippen LogP contribution in [0.4, 0.5) is 0 Å². The van der Waals surface area contributed by atoms with Crippen molar-refractivity contribution in [2.75, 3.05) is 6.61 Å². The van der Waals surface area contributed by atoms with Crippen molar-refractivity contribution >= 4 is 11.8 Å². The first-order valence-electron chi connectivity index (χ1n) is 15.6. The number of aryl methyl sites for hydroxylation is 1. The van der Waals surface area contributed by atoms with Gasteiger partial charge < -0.3 is 50.0 Å². The standard InChI is InChI=1S/C31H46N6O10/c1-14(2)44-25-22(41)23(42)30(46-24-20(33-16(4)39)27(31(5,6)7)45-19(13-38)21(24)40)47-26(25)29(43)32-12-17-8-10-18(11-9-17)28-36-34-15(3)35-37-28/h8-11,14,19-27,30,38,40-42H,12-13H2,1-7H3,(H,32,43)(H,33,39)/t19?,20?,21-,22?,23?,24?,25+,26?,27-,30-/m1/s1. The van der Waals surface area contributed by atoms with E-state index in [1.807, 2.05) is 20.8 Å². The molecule has 47 heavy (non-hydrogen) atoms. The van der Waals surface area contributed by atoms with Crippen LogP contribution in [0.5, 0.6) is 0 Å². The Morgan fingerprint density at radius 3 is 2.15 bits per heavy atom. The number of ether oxygens (including phenoxy) is 4. The Morgan fingerprint density at radius 2 is 1.60 bits per heavy atom.